The zero-order chi connectivity index (χ0) is 14.8. The van der Waals surface area contributed by atoms with Gasteiger partial charge in [0.1, 0.15) is 5.01 Å². The highest BCUT2D eigenvalue weighted by atomic mass is 79.9. The Morgan fingerprint density at radius 2 is 2.24 bits per heavy atom. The second-order valence-corrected chi connectivity index (χ2v) is 6.82. The molecule has 3 nitrogen and oxygen atoms in total. The van der Waals surface area contributed by atoms with Gasteiger partial charge in [-0.15, -0.1) is 22.9 Å². The molecule has 6 heteroatoms. The molecule has 0 aliphatic heterocycles. The van der Waals surface area contributed by atoms with Crippen LogP contribution in [-0.4, -0.2) is 14.8 Å². The maximum absolute atomic E-state index is 5.81. The zero-order valence-electron chi connectivity index (χ0n) is 11.4. The summed E-state index contributed by atoms with van der Waals surface area (Å²) >= 11 is 10.9. The molecule has 2 aromatic heterocycles. The van der Waals surface area contributed by atoms with Crippen molar-refractivity contribution in [2.45, 2.75) is 19.3 Å². The van der Waals surface area contributed by atoms with Crippen molar-refractivity contribution in [3.8, 4) is 10.6 Å². The van der Waals surface area contributed by atoms with Crippen molar-refractivity contribution in [2.75, 3.05) is 0 Å². The molecule has 0 aliphatic carbocycles. The van der Waals surface area contributed by atoms with Crippen LogP contribution in [0.2, 0.25) is 0 Å². The van der Waals surface area contributed by atoms with Crippen LogP contribution in [0.25, 0.3) is 10.6 Å². The van der Waals surface area contributed by atoms with Crippen molar-refractivity contribution in [2.24, 2.45) is 0 Å². The first kappa shape index (κ1) is 14.8. The van der Waals surface area contributed by atoms with Crippen LogP contribution < -0.4 is 0 Å². The van der Waals surface area contributed by atoms with Gasteiger partial charge in [0.2, 0.25) is 0 Å². The molecule has 0 atom stereocenters. The van der Waals surface area contributed by atoms with Gasteiger partial charge in [-0.2, -0.15) is 5.10 Å². The highest BCUT2D eigenvalue weighted by molar-refractivity contribution is 9.10. The molecule has 0 amide bonds. The Balaban J connectivity index is 1.85. The molecule has 1 aromatic carbocycles. The van der Waals surface area contributed by atoms with E-state index in [2.05, 4.69) is 51.1 Å². The molecule has 21 heavy (non-hydrogen) atoms. The first-order valence-electron chi connectivity index (χ1n) is 6.44. The Bertz CT molecular complexity index is 766. The fourth-order valence-corrected chi connectivity index (χ4v) is 3.48. The molecule has 2 heterocycles. The summed E-state index contributed by atoms with van der Waals surface area (Å²) < 4.78 is 2.91. The number of hydrogen-bond donors (Lipinski definition) is 0. The molecule has 3 aromatic rings. The molecule has 0 unspecified atom stereocenters. The molecule has 0 bridgehead atoms. The van der Waals surface area contributed by atoms with Gasteiger partial charge in [0, 0.05) is 17.1 Å². The molecule has 0 spiro atoms. The average Bonchev–Trinajstić information content (AvgIpc) is 3.10. The van der Waals surface area contributed by atoms with E-state index in [4.69, 9.17) is 11.6 Å². The summed E-state index contributed by atoms with van der Waals surface area (Å²) in [6, 6.07) is 6.42. The maximum atomic E-state index is 5.81. The van der Waals surface area contributed by atoms with Crippen LogP contribution in [0, 0.1) is 6.92 Å². The Hall–Kier alpha value is -1.17. The lowest BCUT2D eigenvalue weighted by Crippen LogP contribution is -2.01. The van der Waals surface area contributed by atoms with E-state index in [1.807, 2.05) is 16.3 Å². The van der Waals surface area contributed by atoms with Gasteiger partial charge in [0.25, 0.3) is 0 Å². The van der Waals surface area contributed by atoms with Crippen LogP contribution in [-0.2, 0) is 12.4 Å². The topological polar surface area (TPSA) is 30.7 Å². The lowest BCUT2D eigenvalue weighted by atomic mass is 10.1. The van der Waals surface area contributed by atoms with E-state index in [0.717, 1.165) is 27.3 Å². The van der Waals surface area contributed by atoms with Crippen LogP contribution in [0.4, 0.5) is 0 Å². The van der Waals surface area contributed by atoms with Gasteiger partial charge in [-0.3, -0.25) is 4.68 Å². The van der Waals surface area contributed by atoms with Crippen molar-refractivity contribution in [3.63, 3.8) is 0 Å². The fraction of sp³-hybridized carbons (Fsp3) is 0.200. The molecule has 3 rings (SSSR count). The molecule has 0 fully saturated rings. The van der Waals surface area contributed by atoms with Crippen LogP contribution in [0.5, 0.6) is 0 Å². The first-order valence-corrected chi connectivity index (χ1v) is 8.64. The molecule has 0 saturated heterocycles. The third kappa shape index (κ3) is 3.36. The fourth-order valence-electron chi connectivity index (χ4n) is 2.11. The molecule has 0 radical (unpaired) electrons. The minimum absolute atomic E-state index is 0.460. The SMILES string of the molecule is Cc1cc(-c2nc(CCl)cs2)ccc1Cn1cc(Br)cn1. The smallest absolute Gasteiger partial charge is 0.123 e. The molecule has 0 aliphatic rings. The van der Waals surface area contributed by atoms with Crippen molar-refractivity contribution in [3.05, 3.63) is 57.3 Å². The first-order chi connectivity index (χ1) is 10.2. The summed E-state index contributed by atoms with van der Waals surface area (Å²) in [6.07, 6.45) is 3.77. The van der Waals surface area contributed by atoms with E-state index in [1.54, 1.807) is 17.5 Å². The van der Waals surface area contributed by atoms with Crippen LogP contribution in [0.1, 0.15) is 16.8 Å². The second-order valence-electron chi connectivity index (χ2n) is 4.78. The van der Waals surface area contributed by atoms with Gasteiger partial charge in [0.05, 0.1) is 28.8 Å². The van der Waals surface area contributed by atoms with E-state index in [-0.39, 0.29) is 0 Å². The van der Waals surface area contributed by atoms with E-state index >= 15 is 0 Å². The minimum Gasteiger partial charge on any atom is -0.267 e. The highest BCUT2D eigenvalue weighted by Crippen LogP contribution is 2.26. The van der Waals surface area contributed by atoms with Gasteiger partial charge < -0.3 is 0 Å². The molecule has 0 N–H and O–H groups in total. The van der Waals surface area contributed by atoms with Gasteiger partial charge in [-0.05, 0) is 40.0 Å². The minimum atomic E-state index is 0.460. The summed E-state index contributed by atoms with van der Waals surface area (Å²) in [5.41, 5.74) is 4.56. The van der Waals surface area contributed by atoms with E-state index in [9.17, 15) is 0 Å². The third-order valence-electron chi connectivity index (χ3n) is 3.21. The largest absolute Gasteiger partial charge is 0.267 e. The van der Waals surface area contributed by atoms with Crippen LogP contribution in [0.3, 0.4) is 0 Å². The van der Waals surface area contributed by atoms with Crippen LogP contribution in [0.15, 0.2) is 40.4 Å². The quantitative estimate of drug-likeness (QED) is 0.603. The molecule has 108 valence electrons. The Labute approximate surface area is 140 Å². The highest BCUT2D eigenvalue weighted by Gasteiger charge is 2.07. The number of hydrogen-bond acceptors (Lipinski definition) is 3. The summed E-state index contributed by atoms with van der Waals surface area (Å²) in [5, 5.41) is 7.31. The van der Waals surface area contributed by atoms with Crippen molar-refractivity contribution in [1.82, 2.24) is 14.8 Å². The van der Waals surface area contributed by atoms with Gasteiger partial charge in [0.15, 0.2) is 0 Å². The van der Waals surface area contributed by atoms with E-state index < -0.39 is 0 Å². The van der Waals surface area contributed by atoms with E-state index in [1.165, 1.54) is 11.1 Å². The number of benzene rings is 1. The standard InChI is InChI=1S/C15H13BrClN3S/c1-10-4-11(15-19-14(5-17)9-21-15)2-3-12(10)7-20-8-13(16)6-18-20/h2-4,6,8-9H,5,7H2,1H3. The summed E-state index contributed by atoms with van der Waals surface area (Å²) in [4.78, 5) is 4.52. The number of alkyl halides is 1. The average molecular weight is 383 g/mol. The molecular weight excluding hydrogens is 370 g/mol. The summed E-state index contributed by atoms with van der Waals surface area (Å²) in [7, 11) is 0. The lowest BCUT2D eigenvalue weighted by molar-refractivity contribution is 0.684. The third-order valence-corrected chi connectivity index (χ3v) is 4.84. The monoisotopic (exact) mass is 381 g/mol. The van der Waals surface area contributed by atoms with E-state index in [0.29, 0.717) is 5.88 Å². The Kier molecular flexibility index (Phi) is 4.42. The number of aryl methyl sites for hydroxylation is 1. The van der Waals surface area contributed by atoms with Gasteiger partial charge in [-0.1, -0.05) is 12.1 Å². The Morgan fingerprint density at radius 3 is 2.86 bits per heavy atom. The van der Waals surface area contributed by atoms with Gasteiger partial charge in [-0.25, -0.2) is 4.98 Å². The number of halogens is 2. The second kappa shape index (κ2) is 6.30. The number of aromatic nitrogens is 3. The molecular formula is C15H13BrClN3S. The maximum Gasteiger partial charge on any atom is 0.123 e. The number of nitrogens with zero attached hydrogens (tertiary/aromatic N) is 3. The number of rotatable bonds is 4. The van der Waals surface area contributed by atoms with Crippen molar-refractivity contribution >= 4 is 38.9 Å². The van der Waals surface area contributed by atoms with Crippen molar-refractivity contribution in [1.29, 1.82) is 0 Å². The normalized spacial score (nSPS) is 11.0. The van der Waals surface area contributed by atoms with Crippen LogP contribution >= 0.6 is 38.9 Å². The summed E-state index contributed by atoms with van der Waals surface area (Å²) in [5.74, 6) is 0.460. The predicted octanol–water partition coefficient (Wildman–Crippen LogP) is 4.86. The molecule has 0 saturated carbocycles. The Morgan fingerprint density at radius 1 is 1.38 bits per heavy atom. The predicted molar refractivity (Wildman–Crippen MR) is 90.9 cm³/mol. The van der Waals surface area contributed by atoms with Crippen molar-refractivity contribution < 1.29 is 0 Å². The number of thiazole rings is 1. The lowest BCUT2D eigenvalue weighted by Gasteiger charge is -2.07. The summed E-state index contributed by atoms with van der Waals surface area (Å²) in [6.45, 7) is 2.88. The zero-order valence-corrected chi connectivity index (χ0v) is 14.5. The van der Waals surface area contributed by atoms with Gasteiger partial charge >= 0.3 is 0 Å².